The summed E-state index contributed by atoms with van der Waals surface area (Å²) in [5.74, 6) is -3.39. The first-order valence-corrected chi connectivity index (χ1v) is 5.82. The summed E-state index contributed by atoms with van der Waals surface area (Å²) in [6, 6.07) is 7.73. The molecular weight excluding hydrogens is 283 g/mol. The average Bonchev–Trinajstić information content (AvgIpc) is 2.47. The molecule has 0 unspecified atom stereocenters. The molecule has 0 saturated heterocycles. The van der Waals surface area contributed by atoms with Gasteiger partial charge in [-0.3, -0.25) is 4.79 Å². The maximum atomic E-state index is 13.4. The van der Waals surface area contributed by atoms with Crippen molar-refractivity contribution in [3.63, 3.8) is 0 Å². The molecule has 0 saturated carbocycles. The van der Waals surface area contributed by atoms with E-state index in [9.17, 15) is 18.0 Å². The fourth-order valence-electron chi connectivity index (χ4n) is 1.67. The predicted molar refractivity (Wildman–Crippen MR) is 67.3 cm³/mol. The van der Waals surface area contributed by atoms with Crippen LogP contribution in [-0.4, -0.2) is 12.4 Å². The fraction of sp³-hybridized carbons (Fsp3) is 0.0667. The number of hydrogen-bond acceptors (Lipinski definition) is 3. The van der Waals surface area contributed by atoms with Gasteiger partial charge in [-0.25, -0.2) is 13.2 Å². The van der Waals surface area contributed by atoms with Gasteiger partial charge in [0.2, 0.25) is 5.78 Å². The summed E-state index contributed by atoms with van der Waals surface area (Å²) in [5, 5.41) is 8.80. The molecule has 0 atom stereocenters. The Labute approximate surface area is 118 Å². The molecule has 106 valence electrons. The van der Waals surface area contributed by atoms with Crippen LogP contribution >= 0.6 is 0 Å². The Morgan fingerprint density at radius 3 is 2.62 bits per heavy atom. The molecule has 2 aromatic rings. The van der Waals surface area contributed by atoms with E-state index in [0.717, 1.165) is 24.3 Å². The maximum absolute atomic E-state index is 13.4. The van der Waals surface area contributed by atoms with Crippen LogP contribution in [0, 0.1) is 28.8 Å². The first-order valence-electron chi connectivity index (χ1n) is 5.82. The molecule has 0 aromatic heterocycles. The minimum absolute atomic E-state index is 0.136. The van der Waals surface area contributed by atoms with E-state index in [1.807, 2.05) is 0 Å². The summed E-state index contributed by atoms with van der Waals surface area (Å²) in [4.78, 5) is 11.8. The molecule has 0 aliphatic rings. The Bertz CT molecular complexity index is 738. The summed E-state index contributed by atoms with van der Waals surface area (Å²) in [5.41, 5.74) is -0.824. The molecule has 0 aliphatic heterocycles. The highest BCUT2D eigenvalue weighted by Gasteiger charge is 2.15. The van der Waals surface area contributed by atoms with Crippen LogP contribution in [0.2, 0.25) is 0 Å². The van der Waals surface area contributed by atoms with Crippen molar-refractivity contribution < 1.29 is 22.7 Å². The zero-order valence-corrected chi connectivity index (χ0v) is 10.6. The summed E-state index contributed by atoms with van der Waals surface area (Å²) in [7, 11) is 0. The third-order valence-electron chi connectivity index (χ3n) is 2.67. The first kappa shape index (κ1) is 14.6. The minimum Gasteiger partial charge on any atom is -0.484 e. The zero-order chi connectivity index (χ0) is 15.4. The number of nitriles is 1. The van der Waals surface area contributed by atoms with E-state index in [2.05, 4.69) is 0 Å². The summed E-state index contributed by atoms with van der Waals surface area (Å²) < 4.78 is 44.7. The molecule has 21 heavy (non-hydrogen) atoms. The second-order valence-electron chi connectivity index (χ2n) is 4.06. The minimum atomic E-state index is -0.884. The van der Waals surface area contributed by atoms with Gasteiger partial charge in [0.15, 0.2) is 6.61 Å². The smallest absolute Gasteiger partial charge is 0.203 e. The molecule has 0 heterocycles. The number of hydrogen-bond donors (Lipinski definition) is 0. The van der Waals surface area contributed by atoms with E-state index >= 15 is 0 Å². The van der Waals surface area contributed by atoms with Crippen LogP contribution in [0.25, 0.3) is 0 Å². The van der Waals surface area contributed by atoms with E-state index in [0.29, 0.717) is 0 Å². The van der Waals surface area contributed by atoms with Crippen LogP contribution in [-0.2, 0) is 0 Å². The standard InChI is InChI=1S/C15H8F3NO2/c16-9-4-5-13(18)10(6-9)14(20)8-21-15-3-1-2-12(17)11(15)7-19/h1-6H,8H2. The number of rotatable bonds is 4. The van der Waals surface area contributed by atoms with E-state index in [1.165, 1.54) is 12.1 Å². The number of Topliss-reactive ketones (excluding diaryl/α,β-unsaturated/α-hetero) is 1. The lowest BCUT2D eigenvalue weighted by molar-refractivity contribution is 0.0916. The number of halogens is 3. The van der Waals surface area contributed by atoms with E-state index in [4.69, 9.17) is 10.00 Å². The zero-order valence-electron chi connectivity index (χ0n) is 10.6. The second-order valence-corrected chi connectivity index (χ2v) is 4.06. The van der Waals surface area contributed by atoms with Gasteiger partial charge in [0, 0.05) is 0 Å². The largest absolute Gasteiger partial charge is 0.484 e. The number of ketones is 1. The van der Waals surface area contributed by atoms with Gasteiger partial charge in [-0.15, -0.1) is 0 Å². The summed E-state index contributed by atoms with van der Waals surface area (Å²) in [6.07, 6.45) is 0. The van der Waals surface area contributed by atoms with Crippen LogP contribution in [0.3, 0.4) is 0 Å². The van der Waals surface area contributed by atoms with Gasteiger partial charge in [0.1, 0.15) is 34.8 Å². The first-order chi connectivity index (χ1) is 10.0. The maximum Gasteiger partial charge on any atom is 0.203 e. The monoisotopic (exact) mass is 291 g/mol. The molecule has 0 spiro atoms. The van der Waals surface area contributed by atoms with Crippen molar-refractivity contribution in [2.24, 2.45) is 0 Å². The highest BCUT2D eigenvalue weighted by atomic mass is 19.1. The number of benzene rings is 2. The lowest BCUT2D eigenvalue weighted by atomic mass is 10.1. The van der Waals surface area contributed by atoms with Gasteiger partial charge in [0.05, 0.1) is 5.56 Å². The lowest BCUT2D eigenvalue weighted by Crippen LogP contribution is -2.14. The van der Waals surface area contributed by atoms with Crippen molar-refractivity contribution in [2.75, 3.05) is 6.61 Å². The summed E-state index contributed by atoms with van der Waals surface area (Å²) >= 11 is 0. The molecule has 2 aromatic carbocycles. The Morgan fingerprint density at radius 2 is 1.90 bits per heavy atom. The van der Waals surface area contributed by atoms with E-state index < -0.39 is 35.4 Å². The van der Waals surface area contributed by atoms with E-state index in [-0.39, 0.29) is 11.3 Å². The van der Waals surface area contributed by atoms with Gasteiger partial charge in [-0.2, -0.15) is 5.26 Å². The fourth-order valence-corrected chi connectivity index (χ4v) is 1.67. The van der Waals surface area contributed by atoms with Crippen LogP contribution < -0.4 is 4.74 Å². The molecule has 0 radical (unpaired) electrons. The molecule has 0 amide bonds. The van der Waals surface area contributed by atoms with Crippen LogP contribution in [0.1, 0.15) is 15.9 Å². The van der Waals surface area contributed by atoms with Crippen molar-refractivity contribution in [2.45, 2.75) is 0 Å². The van der Waals surface area contributed by atoms with Gasteiger partial charge in [-0.05, 0) is 30.3 Å². The molecule has 6 heteroatoms. The van der Waals surface area contributed by atoms with Crippen LogP contribution in [0.5, 0.6) is 5.75 Å². The van der Waals surface area contributed by atoms with Crippen molar-refractivity contribution in [3.05, 3.63) is 65.0 Å². The van der Waals surface area contributed by atoms with Gasteiger partial charge < -0.3 is 4.74 Å². The molecule has 0 N–H and O–H groups in total. The SMILES string of the molecule is N#Cc1c(F)cccc1OCC(=O)c1cc(F)ccc1F. The van der Waals surface area contributed by atoms with Crippen molar-refractivity contribution in [3.8, 4) is 11.8 Å². The van der Waals surface area contributed by atoms with Gasteiger partial charge >= 0.3 is 0 Å². The normalized spacial score (nSPS) is 10.0. The highest BCUT2D eigenvalue weighted by Crippen LogP contribution is 2.21. The van der Waals surface area contributed by atoms with Crippen molar-refractivity contribution in [1.29, 1.82) is 5.26 Å². The topological polar surface area (TPSA) is 50.1 Å². The second kappa shape index (κ2) is 6.09. The number of ether oxygens (including phenoxy) is 1. The molecule has 2 rings (SSSR count). The van der Waals surface area contributed by atoms with Crippen molar-refractivity contribution in [1.82, 2.24) is 0 Å². The lowest BCUT2D eigenvalue weighted by Gasteiger charge is -2.08. The Balaban J connectivity index is 2.17. The van der Waals surface area contributed by atoms with E-state index in [1.54, 1.807) is 6.07 Å². The summed E-state index contributed by atoms with van der Waals surface area (Å²) in [6.45, 7) is -0.640. The molecule has 0 bridgehead atoms. The Kier molecular flexibility index (Phi) is 4.24. The molecule has 3 nitrogen and oxygen atoms in total. The van der Waals surface area contributed by atoms with Gasteiger partial charge in [0.25, 0.3) is 0 Å². The predicted octanol–water partition coefficient (Wildman–Crippen LogP) is 3.24. The Hall–Kier alpha value is -2.81. The number of carbonyl (C=O) groups excluding carboxylic acids is 1. The Morgan fingerprint density at radius 1 is 1.14 bits per heavy atom. The van der Waals surface area contributed by atoms with Crippen molar-refractivity contribution >= 4 is 5.78 Å². The number of carbonyl (C=O) groups is 1. The molecular formula is C15H8F3NO2. The van der Waals surface area contributed by atoms with Crippen LogP contribution in [0.4, 0.5) is 13.2 Å². The number of nitrogens with zero attached hydrogens (tertiary/aromatic N) is 1. The van der Waals surface area contributed by atoms with Crippen LogP contribution in [0.15, 0.2) is 36.4 Å². The van der Waals surface area contributed by atoms with Gasteiger partial charge in [-0.1, -0.05) is 6.07 Å². The highest BCUT2D eigenvalue weighted by molar-refractivity contribution is 5.97. The molecule has 0 fully saturated rings. The molecule has 0 aliphatic carbocycles. The third kappa shape index (κ3) is 3.20. The average molecular weight is 291 g/mol. The quantitative estimate of drug-likeness (QED) is 0.813. The third-order valence-corrected chi connectivity index (χ3v) is 2.67.